The molecule has 1 fully saturated rings. The van der Waals surface area contributed by atoms with Crippen LogP contribution < -0.4 is 0 Å². The number of nitrogens with zero attached hydrogens (tertiary/aromatic N) is 3. The molecule has 3 nitrogen and oxygen atoms in total. The summed E-state index contributed by atoms with van der Waals surface area (Å²) in [5, 5.41) is 3.39. The molecule has 0 radical (unpaired) electrons. The fourth-order valence-corrected chi connectivity index (χ4v) is 7.29. The van der Waals surface area contributed by atoms with Gasteiger partial charge in [0.05, 0.1) is 0 Å². The molecular formula is C43H53N3S. The van der Waals surface area contributed by atoms with Gasteiger partial charge in [-0.25, -0.2) is 0 Å². The number of piperazine rings is 1. The molecule has 246 valence electrons. The van der Waals surface area contributed by atoms with Crippen molar-refractivity contribution < 1.29 is 0 Å². The van der Waals surface area contributed by atoms with Crippen molar-refractivity contribution in [3.05, 3.63) is 136 Å². The van der Waals surface area contributed by atoms with Crippen LogP contribution in [0.2, 0.25) is 0 Å². The first-order valence-electron chi connectivity index (χ1n) is 16.9. The molecule has 1 aromatic rings. The largest absolute Gasteiger partial charge is 0.355 e. The van der Waals surface area contributed by atoms with Crippen LogP contribution in [0.15, 0.2) is 125 Å². The lowest BCUT2D eigenvalue weighted by Gasteiger charge is -2.40. The first-order valence-corrected chi connectivity index (χ1v) is 17.9. The Morgan fingerprint density at radius 3 is 2.55 bits per heavy atom. The van der Waals surface area contributed by atoms with Crippen molar-refractivity contribution in [3.8, 4) is 11.2 Å². The fraction of sp³-hybridized carbons (Fsp3) is 0.395. The second-order valence-electron chi connectivity index (χ2n) is 13.5. The third-order valence-corrected chi connectivity index (χ3v) is 10.3. The summed E-state index contributed by atoms with van der Waals surface area (Å²) in [6, 6.07) is 8.48. The lowest BCUT2D eigenvalue weighted by Crippen LogP contribution is -2.46. The van der Waals surface area contributed by atoms with Gasteiger partial charge in [-0.15, -0.1) is 0 Å². The zero-order chi connectivity index (χ0) is 34.0. The van der Waals surface area contributed by atoms with E-state index in [0.717, 1.165) is 83.3 Å². The third-order valence-electron chi connectivity index (χ3n) is 9.52. The molecule has 1 unspecified atom stereocenters. The number of benzene rings is 1. The highest BCUT2D eigenvalue weighted by Gasteiger charge is 2.29. The van der Waals surface area contributed by atoms with Gasteiger partial charge >= 0.3 is 0 Å². The van der Waals surface area contributed by atoms with Gasteiger partial charge in [-0.2, -0.15) is 0 Å². The highest BCUT2D eigenvalue weighted by molar-refractivity contribution is 8.04. The molecule has 4 rings (SSSR count). The summed E-state index contributed by atoms with van der Waals surface area (Å²) in [5.41, 5.74) is 17.0. The zero-order valence-electron chi connectivity index (χ0n) is 29.8. The fourth-order valence-electron chi connectivity index (χ4n) is 6.57. The number of allylic oxidation sites excluding steroid dienone is 12. The number of hydrogen-bond acceptors (Lipinski definition) is 4. The van der Waals surface area contributed by atoms with Gasteiger partial charge in [-0.3, -0.25) is 0 Å². The van der Waals surface area contributed by atoms with E-state index in [-0.39, 0.29) is 0 Å². The molecule has 0 N–H and O–H groups in total. The van der Waals surface area contributed by atoms with Crippen LogP contribution in [-0.2, 0) is 0 Å². The molecule has 0 saturated carbocycles. The average Bonchev–Trinajstić information content (AvgIpc) is 3.46. The Labute approximate surface area is 289 Å². The number of thioether (sulfide) groups is 1. The summed E-state index contributed by atoms with van der Waals surface area (Å²) in [5.74, 6) is 5.50. The monoisotopic (exact) mass is 643 g/mol. The average molecular weight is 644 g/mol. The lowest BCUT2D eigenvalue weighted by molar-refractivity contribution is 0.157. The molecule has 3 aliphatic rings. The Kier molecular flexibility index (Phi) is 12.9. The van der Waals surface area contributed by atoms with E-state index in [2.05, 4.69) is 148 Å². The molecule has 1 heterocycles. The quantitative estimate of drug-likeness (QED) is 0.0970. The van der Waals surface area contributed by atoms with Gasteiger partial charge in [0.1, 0.15) is 5.82 Å². The third kappa shape index (κ3) is 9.84. The lowest BCUT2D eigenvalue weighted by atomic mass is 9.80. The number of hydrogen-bond donors (Lipinski definition) is 0. The predicted octanol–water partition coefficient (Wildman–Crippen LogP) is 9.89. The first kappa shape index (κ1) is 36.0. The zero-order valence-corrected chi connectivity index (χ0v) is 30.6. The van der Waals surface area contributed by atoms with E-state index in [4.69, 9.17) is 0 Å². The summed E-state index contributed by atoms with van der Waals surface area (Å²) < 4.78 is 0. The van der Waals surface area contributed by atoms with E-state index < -0.39 is 0 Å². The molecule has 0 amide bonds. The second kappa shape index (κ2) is 16.8. The van der Waals surface area contributed by atoms with E-state index in [1.807, 2.05) is 12.2 Å². The summed E-state index contributed by atoms with van der Waals surface area (Å²) in [4.78, 5) is 7.15. The van der Waals surface area contributed by atoms with Gasteiger partial charge < -0.3 is 14.7 Å². The maximum Gasteiger partial charge on any atom is 0.109 e. The Morgan fingerprint density at radius 1 is 1.15 bits per heavy atom. The van der Waals surface area contributed by atoms with Crippen molar-refractivity contribution in [1.29, 1.82) is 0 Å². The van der Waals surface area contributed by atoms with Crippen LogP contribution in [0, 0.1) is 16.6 Å². The minimum atomic E-state index is 0.361. The van der Waals surface area contributed by atoms with Gasteiger partial charge in [0.2, 0.25) is 0 Å². The molecule has 1 aliphatic heterocycles. The van der Waals surface area contributed by atoms with Crippen LogP contribution >= 0.6 is 11.8 Å². The van der Waals surface area contributed by atoms with Gasteiger partial charge in [0, 0.05) is 55.8 Å². The molecule has 0 bridgehead atoms. The maximum atomic E-state index is 4.54. The van der Waals surface area contributed by atoms with Crippen molar-refractivity contribution >= 4 is 17.3 Å². The van der Waals surface area contributed by atoms with Crippen LogP contribution in [0.1, 0.15) is 71.4 Å². The van der Waals surface area contributed by atoms with Crippen molar-refractivity contribution in [2.75, 3.05) is 46.0 Å². The molecule has 2 aliphatic carbocycles. The van der Waals surface area contributed by atoms with Crippen molar-refractivity contribution in [1.82, 2.24) is 14.7 Å². The number of rotatable bonds is 12. The molecular weight excluding hydrogens is 591 g/mol. The van der Waals surface area contributed by atoms with E-state index in [1.54, 1.807) is 17.3 Å². The Hall–Kier alpha value is -3.83. The smallest absolute Gasteiger partial charge is 0.109 e. The topological polar surface area (TPSA) is 9.72 Å². The summed E-state index contributed by atoms with van der Waals surface area (Å²) in [6.07, 6.45) is 17.7. The van der Waals surface area contributed by atoms with Crippen molar-refractivity contribution in [2.24, 2.45) is 5.41 Å². The van der Waals surface area contributed by atoms with Gasteiger partial charge in [-0.1, -0.05) is 91.6 Å². The van der Waals surface area contributed by atoms with E-state index in [0.29, 0.717) is 5.41 Å². The van der Waals surface area contributed by atoms with Crippen LogP contribution in [0.25, 0.3) is 5.57 Å². The highest BCUT2D eigenvalue weighted by atomic mass is 32.2. The Morgan fingerprint density at radius 2 is 1.91 bits per heavy atom. The SMILES string of the molecule is C=C(C)/C(C1=CC=C=C=C1)=C(/C)N(C)/C(=C\C(=C)c1cccc(C#CSC/C(=C\C)CC2(C)CC=C(CC)C2)c1)N1CCN(C)CC1. The van der Waals surface area contributed by atoms with Crippen LogP contribution in [0.5, 0.6) is 0 Å². The molecule has 0 spiro atoms. The summed E-state index contributed by atoms with van der Waals surface area (Å²) >= 11 is 1.71. The minimum Gasteiger partial charge on any atom is -0.355 e. The van der Waals surface area contributed by atoms with Gasteiger partial charge in [0.15, 0.2) is 0 Å². The molecule has 0 aromatic heterocycles. The molecule has 47 heavy (non-hydrogen) atoms. The molecule has 1 atom stereocenters. The second-order valence-corrected chi connectivity index (χ2v) is 14.2. The van der Waals surface area contributed by atoms with Gasteiger partial charge in [0.25, 0.3) is 0 Å². The van der Waals surface area contributed by atoms with Crippen molar-refractivity contribution in [3.63, 3.8) is 0 Å². The van der Waals surface area contributed by atoms with E-state index in [1.165, 1.54) is 24.8 Å². The van der Waals surface area contributed by atoms with Crippen LogP contribution in [0.4, 0.5) is 0 Å². The van der Waals surface area contributed by atoms with Crippen molar-refractivity contribution in [2.45, 2.75) is 60.3 Å². The predicted molar refractivity (Wildman–Crippen MR) is 206 cm³/mol. The van der Waals surface area contributed by atoms with Gasteiger partial charge in [-0.05, 0) is 123 Å². The standard InChI is InChI=1S/C43H53N3S/c1-10-36-20-22-43(7,30-36)31-37(11-2)32-47-27-21-38-16-15-19-40(29-38)34(5)28-41(46-25-23-44(8)24-26-46)45(9)35(6)42(33(3)4)39-17-13-12-14-18-39/h11,13,15-20,28-29H,3,5,10,22-26,30-32H2,1-2,4,6-9H3/b37-11-,41-28+,42-35+. The summed E-state index contributed by atoms with van der Waals surface area (Å²) in [7, 11) is 4.34. The maximum absolute atomic E-state index is 4.54. The molecule has 1 saturated heterocycles. The van der Waals surface area contributed by atoms with Crippen LogP contribution in [0.3, 0.4) is 0 Å². The molecule has 4 heteroatoms. The van der Waals surface area contributed by atoms with Crippen LogP contribution in [-0.4, -0.2) is 60.7 Å². The normalized spacial score (nSPS) is 20.4. The minimum absolute atomic E-state index is 0.361. The first-order chi connectivity index (χ1) is 22.5. The Balaban J connectivity index is 1.52. The Bertz CT molecular complexity index is 1680. The molecule has 1 aromatic carbocycles. The van der Waals surface area contributed by atoms with E-state index >= 15 is 0 Å². The highest BCUT2D eigenvalue weighted by Crippen LogP contribution is 2.43. The van der Waals surface area contributed by atoms with E-state index in [9.17, 15) is 0 Å². The number of likely N-dealkylation sites (N-methyl/N-ethyl adjacent to an activating group) is 1. The summed E-state index contributed by atoms with van der Waals surface area (Å²) in [6.45, 7) is 23.9.